The van der Waals surface area contributed by atoms with Crippen molar-refractivity contribution in [1.82, 2.24) is 0 Å². The Labute approximate surface area is 83.1 Å². The van der Waals surface area contributed by atoms with Gasteiger partial charge in [0.25, 0.3) is 0 Å². The van der Waals surface area contributed by atoms with Gasteiger partial charge in [-0.25, -0.2) is 0 Å². The van der Waals surface area contributed by atoms with E-state index in [4.69, 9.17) is 5.73 Å². The molecule has 0 aromatic carbocycles. The normalized spacial score (nSPS) is 32.1. The summed E-state index contributed by atoms with van der Waals surface area (Å²) in [6.07, 6.45) is 7.01. The molecule has 0 amide bonds. The summed E-state index contributed by atoms with van der Waals surface area (Å²) in [5, 5.41) is 0. The van der Waals surface area contributed by atoms with E-state index < -0.39 is 0 Å². The molecule has 2 N–H and O–H groups in total. The molecule has 0 saturated heterocycles. The molecule has 1 nitrogen and oxygen atoms in total. The predicted octanol–water partition coefficient (Wildman–Crippen LogP) is 3.19. The summed E-state index contributed by atoms with van der Waals surface area (Å²) in [7, 11) is 0. The van der Waals surface area contributed by atoms with E-state index in [9.17, 15) is 0 Å². The highest BCUT2D eigenvalue weighted by atomic mass is 14.6. The Kier molecular flexibility index (Phi) is 4.24. The Morgan fingerprint density at radius 1 is 1.23 bits per heavy atom. The van der Waals surface area contributed by atoms with Gasteiger partial charge in [-0.3, -0.25) is 0 Å². The molecule has 78 valence electrons. The van der Waals surface area contributed by atoms with Crippen LogP contribution in [0.25, 0.3) is 0 Å². The van der Waals surface area contributed by atoms with Crippen molar-refractivity contribution < 1.29 is 0 Å². The zero-order chi connectivity index (χ0) is 9.84. The molecule has 0 aromatic heterocycles. The van der Waals surface area contributed by atoms with Crippen molar-refractivity contribution >= 4 is 0 Å². The van der Waals surface area contributed by atoms with Crippen molar-refractivity contribution in [2.24, 2.45) is 23.5 Å². The maximum absolute atomic E-state index is 5.96. The topological polar surface area (TPSA) is 26.0 Å². The van der Waals surface area contributed by atoms with Crippen molar-refractivity contribution in [2.75, 3.05) is 0 Å². The van der Waals surface area contributed by atoms with Crippen molar-refractivity contribution in [2.45, 2.75) is 58.9 Å². The largest absolute Gasteiger partial charge is 0.328 e. The molecule has 13 heavy (non-hydrogen) atoms. The molecule has 0 spiro atoms. The minimum atomic E-state index is 0.412. The van der Waals surface area contributed by atoms with Gasteiger partial charge in [0.1, 0.15) is 0 Å². The van der Waals surface area contributed by atoms with E-state index >= 15 is 0 Å². The zero-order valence-corrected chi connectivity index (χ0v) is 9.42. The lowest BCUT2D eigenvalue weighted by atomic mass is 9.75. The molecule has 1 fully saturated rings. The van der Waals surface area contributed by atoms with Crippen molar-refractivity contribution in [3.8, 4) is 0 Å². The fourth-order valence-corrected chi connectivity index (χ4v) is 2.69. The summed E-state index contributed by atoms with van der Waals surface area (Å²) in [4.78, 5) is 0. The van der Waals surface area contributed by atoms with E-state index in [1.807, 2.05) is 0 Å². The van der Waals surface area contributed by atoms with Crippen molar-refractivity contribution in [3.05, 3.63) is 0 Å². The maximum Gasteiger partial charge on any atom is 0.00388 e. The van der Waals surface area contributed by atoms with Gasteiger partial charge in [0.05, 0.1) is 0 Å². The smallest absolute Gasteiger partial charge is 0.00388 e. The summed E-state index contributed by atoms with van der Waals surface area (Å²) >= 11 is 0. The lowest BCUT2D eigenvalue weighted by Gasteiger charge is -2.32. The first kappa shape index (κ1) is 11.0. The van der Waals surface area contributed by atoms with E-state index in [-0.39, 0.29) is 0 Å². The number of hydrogen-bond acceptors (Lipinski definition) is 1. The summed E-state index contributed by atoms with van der Waals surface area (Å²) in [5.74, 6) is 2.62. The van der Waals surface area contributed by atoms with Gasteiger partial charge in [-0.2, -0.15) is 0 Å². The highest BCUT2D eigenvalue weighted by Gasteiger charge is 2.24. The molecule has 0 bridgehead atoms. The molecular formula is C12H25N. The quantitative estimate of drug-likeness (QED) is 0.714. The fourth-order valence-electron chi connectivity index (χ4n) is 2.69. The van der Waals surface area contributed by atoms with Crippen LogP contribution in [0.15, 0.2) is 0 Å². The second kappa shape index (κ2) is 4.99. The Balaban J connectivity index is 2.33. The third-order valence-electron chi connectivity index (χ3n) is 3.37. The number of nitrogens with two attached hydrogens (primary N) is 1. The van der Waals surface area contributed by atoms with Crippen LogP contribution in [0, 0.1) is 17.8 Å². The first-order valence-electron chi connectivity index (χ1n) is 5.85. The molecule has 1 heteroatoms. The molecule has 1 saturated carbocycles. The Hall–Kier alpha value is -0.0400. The molecule has 3 unspecified atom stereocenters. The second-order valence-corrected chi connectivity index (χ2v) is 5.28. The Morgan fingerprint density at radius 2 is 1.92 bits per heavy atom. The summed E-state index contributed by atoms with van der Waals surface area (Å²) < 4.78 is 0. The van der Waals surface area contributed by atoms with Crippen LogP contribution in [0.4, 0.5) is 0 Å². The highest BCUT2D eigenvalue weighted by Crippen LogP contribution is 2.33. The van der Waals surface area contributed by atoms with Gasteiger partial charge < -0.3 is 5.73 Å². The van der Waals surface area contributed by atoms with Crippen molar-refractivity contribution in [3.63, 3.8) is 0 Å². The highest BCUT2D eigenvalue weighted by molar-refractivity contribution is 4.78. The molecule has 0 aliphatic heterocycles. The van der Waals surface area contributed by atoms with E-state index in [1.54, 1.807) is 0 Å². The molecule has 1 aliphatic rings. The molecule has 3 atom stereocenters. The van der Waals surface area contributed by atoms with E-state index in [2.05, 4.69) is 20.8 Å². The van der Waals surface area contributed by atoms with Crippen molar-refractivity contribution in [1.29, 1.82) is 0 Å². The van der Waals surface area contributed by atoms with E-state index in [0.717, 1.165) is 17.8 Å². The Bertz CT molecular complexity index is 140. The van der Waals surface area contributed by atoms with E-state index in [0.29, 0.717) is 6.04 Å². The zero-order valence-electron chi connectivity index (χ0n) is 9.42. The van der Waals surface area contributed by atoms with Gasteiger partial charge in [0.2, 0.25) is 0 Å². The van der Waals surface area contributed by atoms with Crippen LogP contribution in [-0.4, -0.2) is 6.04 Å². The van der Waals surface area contributed by atoms with Gasteiger partial charge >= 0.3 is 0 Å². The minimum Gasteiger partial charge on any atom is -0.328 e. The van der Waals surface area contributed by atoms with Gasteiger partial charge in [0.15, 0.2) is 0 Å². The Morgan fingerprint density at radius 3 is 2.46 bits per heavy atom. The number of rotatable bonds is 3. The van der Waals surface area contributed by atoms with Crippen LogP contribution < -0.4 is 5.73 Å². The van der Waals surface area contributed by atoms with Crippen LogP contribution in [0.1, 0.15) is 52.9 Å². The summed E-state index contributed by atoms with van der Waals surface area (Å²) in [5.41, 5.74) is 5.96. The third kappa shape index (κ3) is 3.68. The third-order valence-corrected chi connectivity index (χ3v) is 3.37. The number of hydrogen-bond donors (Lipinski definition) is 1. The molecule has 1 rings (SSSR count). The average Bonchev–Trinajstić information content (AvgIpc) is 2.03. The van der Waals surface area contributed by atoms with Crippen LogP contribution in [-0.2, 0) is 0 Å². The fraction of sp³-hybridized carbons (Fsp3) is 1.00. The lowest BCUT2D eigenvalue weighted by molar-refractivity contribution is 0.216. The molecule has 1 aliphatic carbocycles. The lowest BCUT2D eigenvalue weighted by Crippen LogP contribution is -2.31. The minimum absolute atomic E-state index is 0.412. The molecule has 0 aromatic rings. The monoisotopic (exact) mass is 183 g/mol. The first-order chi connectivity index (χ1) is 6.09. The molecule has 0 radical (unpaired) electrons. The van der Waals surface area contributed by atoms with E-state index in [1.165, 1.54) is 32.1 Å². The average molecular weight is 183 g/mol. The molecule has 0 heterocycles. The van der Waals surface area contributed by atoms with Gasteiger partial charge in [0, 0.05) is 6.04 Å². The SMILES string of the molecule is CC(C)CC1CCCC(C(C)N)C1. The maximum atomic E-state index is 5.96. The molecular weight excluding hydrogens is 158 g/mol. The second-order valence-electron chi connectivity index (χ2n) is 5.28. The first-order valence-corrected chi connectivity index (χ1v) is 5.85. The standard InChI is InChI=1S/C12H25N/c1-9(2)7-11-5-4-6-12(8-11)10(3)13/h9-12H,4-8,13H2,1-3H3. The van der Waals surface area contributed by atoms with Crippen LogP contribution in [0.3, 0.4) is 0 Å². The van der Waals surface area contributed by atoms with Crippen LogP contribution in [0.2, 0.25) is 0 Å². The van der Waals surface area contributed by atoms with Gasteiger partial charge in [-0.05, 0) is 43.9 Å². The van der Waals surface area contributed by atoms with Gasteiger partial charge in [-0.1, -0.05) is 26.7 Å². The van der Waals surface area contributed by atoms with Crippen LogP contribution in [0.5, 0.6) is 0 Å². The predicted molar refractivity (Wildman–Crippen MR) is 58.6 cm³/mol. The van der Waals surface area contributed by atoms with Crippen LogP contribution >= 0.6 is 0 Å². The van der Waals surface area contributed by atoms with Gasteiger partial charge in [-0.15, -0.1) is 0 Å². The summed E-state index contributed by atoms with van der Waals surface area (Å²) in [6.45, 7) is 6.83. The summed E-state index contributed by atoms with van der Waals surface area (Å²) in [6, 6.07) is 0.412.